The second-order valence-corrected chi connectivity index (χ2v) is 7.70. The predicted molar refractivity (Wildman–Crippen MR) is 111 cm³/mol. The molecule has 0 radical (unpaired) electrons. The molecule has 1 aliphatic rings. The SMILES string of the molecule is CN(CC(=O)N1c2ccccc2NC(=O)CC1C(F)(F)F)Cc1cc([N+](=O)[O-])ccc1Cl. The summed E-state index contributed by atoms with van der Waals surface area (Å²) in [6.45, 7) is -0.469. The van der Waals surface area contributed by atoms with Gasteiger partial charge < -0.3 is 5.32 Å². The number of hydrogen-bond acceptors (Lipinski definition) is 5. The molecule has 3 rings (SSSR count). The van der Waals surface area contributed by atoms with Crippen LogP contribution in [0.5, 0.6) is 0 Å². The van der Waals surface area contributed by atoms with Crippen LogP contribution in [0.25, 0.3) is 0 Å². The molecule has 1 unspecified atom stereocenters. The van der Waals surface area contributed by atoms with Gasteiger partial charge in [-0.15, -0.1) is 0 Å². The van der Waals surface area contributed by atoms with Crippen LogP contribution >= 0.6 is 11.6 Å². The van der Waals surface area contributed by atoms with Crippen molar-refractivity contribution in [3.63, 3.8) is 0 Å². The summed E-state index contributed by atoms with van der Waals surface area (Å²) in [4.78, 5) is 37.4. The van der Waals surface area contributed by atoms with E-state index < -0.39 is 41.9 Å². The molecule has 2 aromatic rings. The van der Waals surface area contributed by atoms with E-state index in [4.69, 9.17) is 11.6 Å². The number of nitrogens with zero attached hydrogens (tertiary/aromatic N) is 3. The number of amides is 2. The zero-order chi connectivity index (χ0) is 23.6. The summed E-state index contributed by atoms with van der Waals surface area (Å²) in [6.07, 6.45) is -5.78. The van der Waals surface area contributed by atoms with Gasteiger partial charge in [0.2, 0.25) is 11.8 Å². The second kappa shape index (κ2) is 9.13. The highest BCUT2D eigenvalue weighted by atomic mass is 35.5. The molecule has 32 heavy (non-hydrogen) atoms. The number of carbonyl (C=O) groups is 2. The Morgan fingerprint density at radius 2 is 2.00 bits per heavy atom. The summed E-state index contributed by atoms with van der Waals surface area (Å²) in [6, 6.07) is 7.21. The molecule has 1 heterocycles. The average molecular weight is 471 g/mol. The number of hydrogen-bond donors (Lipinski definition) is 1. The minimum atomic E-state index is -4.84. The molecule has 1 N–H and O–H groups in total. The lowest BCUT2D eigenvalue weighted by Gasteiger charge is -2.33. The molecule has 0 bridgehead atoms. The van der Waals surface area contributed by atoms with Crippen molar-refractivity contribution in [1.82, 2.24) is 4.90 Å². The van der Waals surface area contributed by atoms with Gasteiger partial charge in [0.05, 0.1) is 29.3 Å². The number of anilines is 2. The first-order chi connectivity index (χ1) is 15.0. The lowest BCUT2D eigenvalue weighted by atomic mass is 10.1. The monoisotopic (exact) mass is 470 g/mol. The van der Waals surface area contributed by atoms with E-state index in [2.05, 4.69) is 5.32 Å². The summed E-state index contributed by atoms with van der Waals surface area (Å²) in [5.41, 5.74) is 0.179. The zero-order valence-corrected chi connectivity index (χ0v) is 17.5. The molecule has 1 aliphatic heterocycles. The van der Waals surface area contributed by atoms with Crippen LogP contribution in [0.2, 0.25) is 5.02 Å². The number of benzene rings is 2. The number of fused-ring (bicyclic) bond motifs is 1. The molecule has 0 saturated carbocycles. The van der Waals surface area contributed by atoms with Crippen LogP contribution in [-0.4, -0.2) is 47.4 Å². The van der Waals surface area contributed by atoms with Crippen LogP contribution in [0.4, 0.5) is 30.2 Å². The lowest BCUT2D eigenvalue weighted by molar-refractivity contribution is -0.384. The molecule has 12 heteroatoms. The molecule has 0 fully saturated rings. The maximum Gasteiger partial charge on any atom is 0.409 e. The Morgan fingerprint density at radius 3 is 2.66 bits per heavy atom. The molecular formula is C20H18ClF3N4O4. The number of carbonyl (C=O) groups excluding carboxylic acids is 2. The topological polar surface area (TPSA) is 95.8 Å². The maximum atomic E-state index is 13.8. The van der Waals surface area contributed by atoms with Crippen LogP contribution in [0, 0.1) is 10.1 Å². The Morgan fingerprint density at radius 1 is 1.31 bits per heavy atom. The van der Waals surface area contributed by atoms with Gasteiger partial charge in [-0.05, 0) is 30.8 Å². The number of para-hydroxylation sites is 2. The molecule has 1 atom stereocenters. The van der Waals surface area contributed by atoms with E-state index in [1.165, 1.54) is 54.4 Å². The van der Waals surface area contributed by atoms with E-state index in [0.29, 0.717) is 10.5 Å². The van der Waals surface area contributed by atoms with E-state index >= 15 is 0 Å². The fourth-order valence-corrected chi connectivity index (χ4v) is 3.62. The van der Waals surface area contributed by atoms with Crippen molar-refractivity contribution in [3.05, 3.63) is 63.2 Å². The molecule has 0 saturated heterocycles. The van der Waals surface area contributed by atoms with Crippen molar-refractivity contribution in [2.24, 2.45) is 0 Å². The standard InChI is InChI=1S/C20H18ClF3N4O4/c1-26(10-12-8-13(28(31)32)6-7-14(12)21)11-19(30)27-16-5-3-2-4-15(16)25-18(29)9-17(27)20(22,23)24/h2-8,17H,9-11H2,1H3,(H,25,29). The highest BCUT2D eigenvalue weighted by molar-refractivity contribution is 6.31. The minimum absolute atomic E-state index is 0.0182. The van der Waals surface area contributed by atoms with Gasteiger partial charge >= 0.3 is 6.18 Å². The molecule has 8 nitrogen and oxygen atoms in total. The average Bonchev–Trinajstić information content (AvgIpc) is 2.85. The largest absolute Gasteiger partial charge is 0.409 e. The highest BCUT2D eigenvalue weighted by Gasteiger charge is 2.49. The van der Waals surface area contributed by atoms with Gasteiger partial charge in [0.15, 0.2) is 0 Å². The minimum Gasteiger partial charge on any atom is -0.324 e. The van der Waals surface area contributed by atoms with Crippen LogP contribution in [0.1, 0.15) is 12.0 Å². The lowest BCUT2D eigenvalue weighted by Crippen LogP contribution is -2.52. The van der Waals surface area contributed by atoms with Gasteiger partial charge in [0.1, 0.15) is 6.04 Å². The first-order valence-electron chi connectivity index (χ1n) is 9.36. The van der Waals surface area contributed by atoms with Crippen LogP contribution in [-0.2, 0) is 16.1 Å². The van der Waals surface area contributed by atoms with Crippen molar-refractivity contribution >= 4 is 40.5 Å². The number of nitro groups is 1. The van der Waals surface area contributed by atoms with Crippen molar-refractivity contribution in [2.75, 3.05) is 23.8 Å². The number of non-ortho nitro benzene ring substituents is 1. The fraction of sp³-hybridized carbons (Fsp3) is 0.300. The number of likely N-dealkylation sites (N-methyl/N-ethyl adjacent to an activating group) is 1. The maximum absolute atomic E-state index is 13.8. The first kappa shape index (κ1) is 23.5. The van der Waals surface area contributed by atoms with Gasteiger partial charge in [-0.25, -0.2) is 0 Å². The van der Waals surface area contributed by atoms with Crippen molar-refractivity contribution in [3.8, 4) is 0 Å². The summed E-state index contributed by atoms with van der Waals surface area (Å²) in [7, 11) is 1.47. The smallest absolute Gasteiger partial charge is 0.324 e. The summed E-state index contributed by atoms with van der Waals surface area (Å²) >= 11 is 6.08. The number of rotatable bonds is 5. The zero-order valence-electron chi connectivity index (χ0n) is 16.7. The third-order valence-electron chi connectivity index (χ3n) is 4.86. The van der Waals surface area contributed by atoms with E-state index in [1.807, 2.05) is 0 Å². The number of alkyl halides is 3. The Hall–Kier alpha value is -3.18. The fourth-order valence-electron chi connectivity index (χ4n) is 3.45. The molecule has 2 aromatic carbocycles. The highest BCUT2D eigenvalue weighted by Crippen LogP contribution is 2.37. The van der Waals surface area contributed by atoms with Gasteiger partial charge in [-0.3, -0.25) is 29.5 Å². The van der Waals surface area contributed by atoms with Gasteiger partial charge in [-0.1, -0.05) is 23.7 Å². The third kappa shape index (κ3) is 5.17. The quantitative estimate of drug-likeness (QED) is 0.526. The molecule has 2 amide bonds. The summed E-state index contributed by atoms with van der Waals surface area (Å²) < 4.78 is 41.4. The van der Waals surface area contributed by atoms with E-state index in [0.717, 1.165) is 0 Å². The Kier molecular flexibility index (Phi) is 6.70. The number of nitro benzene ring substituents is 1. The summed E-state index contributed by atoms with van der Waals surface area (Å²) in [5, 5.41) is 13.6. The van der Waals surface area contributed by atoms with Gasteiger partial charge in [0.25, 0.3) is 5.69 Å². The number of halogens is 4. The van der Waals surface area contributed by atoms with Gasteiger partial charge in [0, 0.05) is 23.7 Å². The molecule has 0 spiro atoms. The van der Waals surface area contributed by atoms with Crippen molar-refractivity contribution < 1.29 is 27.7 Å². The molecule has 0 aliphatic carbocycles. The Balaban J connectivity index is 1.88. The van der Waals surface area contributed by atoms with Crippen LogP contribution in [0.15, 0.2) is 42.5 Å². The van der Waals surface area contributed by atoms with Crippen molar-refractivity contribution in [1.29, 1.82) is 0 Å². The molecule has 170 valence electrons. The van der Waals surface area contributed by atoms with Crippen LogP contribution in [0.3, 0.4) is 0 Å². The Bertz CT molecular complexity index is 1060. The Labute approximate surface area is 185 Å². The molecular weight excluding hydrogens is 453 g/mol. The van der Waals surface area contributed by atoms with E-state index in [9.17, 15) is 32.9 Å². The molecule has 0 aromatic heterocycles. The summed E-state index contributed by atoms with van der Waals surface area (Å²) in [5.74, 6) is -1.74. The van der Waals surface area contributed by atoms with Crippen LogP contribution < -0.4 is 10.2 Å². The first-order valence-corrected chi connectivity index (χ1v) is 9.74. The normalized spacial score (nSPS) is 16.4. The predicted octanol–water partition coefficient (Wildman–Crippen LogP) is 3.99. The third-order valence-corrected chi connectivity index (χ3v) is 5.23. The van der Waals surface area contributed by atoms with Gasteiger partial charge in [-0.2, -0.15) is 13.2 Å². The van der Waals surface area contributed by atoms with Crippen molar-refractivity contribution in [2.45, 2.75) is 25.2 Å². The second-order valence-electron chi connectivity index (χ2n) is 7.30. The van der Waals surface area contributed by atoms with E-state index in [1.54, 1.807) is 0 Å². The number of nitrogens with one attached hydrogen (secondary N) is 1. The van der Waals surface area contributed by atoms with E-state index in [-0.39, 0.29) is 28.6 Å².